The first kappa shape index (κ1) is 11.2. The number of hydrogen-bond donors (Lipinski definition) is 1. The van der Waals surface area contributed by atoms with E-state index in [1.165, 1.54) is 7.11 Å². The first-order valence-corrected chi connectivity index (χ1v) is 5.94. The van der Waals surface area contributed by atoms with E-state index < -0.39 is 0 Å². The molecule has 0 amide bonds. The van der Waals surface area contributed by atoms with E-state index in [1.807, 2.05) is 6.07 Å². The maximum Gasteiger partial charge on any atom is 0.355 e. The molecule has 2 aromatic rings. The van der Waals surface area contributed by atoms with Gasteiger partial charge in [0.2, 0.25) is 0 Å². The van der Waals surface area contributed by atoms with E-state index in [9.17, 15) is 4.79 Å². The molecular weight excluding hydrogens is 232 g/mol. The highest BCUT2D eigenvalue weighted by atomic mass is 16.5. The van der Waals surface area contributed by atoms with Gasteiger partial charge in [0.05, 0.1) is 7.11 Å². The summed E-state index contributed by atoms with van der Waals surface area (Å²) < 4.78 is 6.60. The van der Waals surface area contributed by atoms with Crippen molar-refractivity contribution in [2.24, 2.45) is 0 Å². The van der Waals surface area contributed by atoms with Gasteiger partial charge in [-0.1, -0.05) is 6.07 Å². The van der Waals surface area contributed by atoms with E-state index in [1.54, 1.807) is 16.5 Å². The van der Waals surface area contributed by atoms with Crippen molar-refractivity contribution < 1.29 is 9.53 Å². The third-order valence-corrected chi connectivity index (χ3v) is 3.27. The Labute approximate surface area is 104 Å². The van der Waals surface area contributed by atoms with Gasteiger partial charge >= 0.3 is 5.97 Å². The topological polar surface area (TPSA) is 68.5 Å². The fraction of sp³-hybridized carbons (Fsp3) is 0.417. The van der Waals surface area contributed by atoms with E-state index in [4.69, 9.17) is 4.74 Å². The molecule has 1 aliphatic heterocycles. The number of rotatable bonds is 2. The molecule has 6 heteroatoms. The van der Waals surface area contributed by atoms with Gasteiger partial charge in [-0.25, -0.2) is 4.79 Å². The monoisotopic (exact) mass is 246 g/mol. The molecule has 18 heavy (non-hydrogen) atoms. The predicted molar refractivity (Wildman–Crippen MR) is 64.6 cm³/mol. The minimum Gasteiger partial charge on any atom is -0.464 e. The Balaban J connectivity index is 2.17. The van der Waals surface area contributed by atoms with Crippen molar-refractivity contribution in [2.75, 3.05) is 20.2 Å². The Hall–Kier alpha value is -1.95. The summed E-state index contributed by atoms with van der Waals surface area (Å²) in [4.78, 5) is 11.8. The van der Waals surface area contributed by atoms with Crippen LogP contribution in [0.5, 0.6) is 0 Å². The van der Waals surface area contributed by atoms with Crippen molar-refractivity contribution in [3.8, 4) is 0 Å². The molecule has 0 bridgehead atoms. The largest absolute Gasteiger partial charge is 0.464 e. The van der Waals surface area contributed by atoms with Crippen LogP contribution in [0.3, 0.4) is 0 Å². The number of fused-ring (bicyclic) bond motifs is 1. The summed E-state index contributed by atoms with van der Waals surface area (Å²) >= 11 is 0. The molecule has 2 aromatic heterocycles. The number of pyridine rings is 1. The highest BCUT2D eigenvalue weighted by Crippen LogP contribution is 2.22. The second-order valence-electron chi connectivity index (χ2n) is 4.34. The minimum absolute atomic E-state index is 0.297. The molecule has 0 aliphatic carbocycles. The van der Waals surface area contributed by atoms with Crippen LogP contribution in [0.25, 0.3) is 5.65 Å². The van der Waals surface area contributed by atoms with Gasteiger partial charge in [0.25, 0.3) is 0 Å². The Morgan fingerprint density at radius 1 is 1.50 bits per heavy atom. The Kier molecular flexibility index (Phi) is 2.71. The lowest BCUT2D eigenvalue weighted by molar-refractivity contribution is 0.0592. The number of carbonyl (C=O) groups excluding carboxylic acids is 1. The van der Waals surface area contributed by atoms with Crippen molar-refractivity contribution in [3.05, 3.63) is 29.7 Å². The summed E-state index contributed by atoms with van der Waals surface area (Å²) in [6.07, 6.45) is 1.01. The van der Waals surface area contributed by atoms with Crippen LogP contribution >= 0.6 is 0 Å². The number of aromatic nitrogens is 3. The fourth-order valence-electron chi connectivity index (χ4n) is 2.37. The smallest absolute Gasteiger partial charge is 0.355 e. The van der Waals surface area contributed by atoms with Gasteiger partial charge in [-0.05, 0) is 25.1 Å². The standard InChI is InChI=1S/C12H14N4O2/c1-18-12(17)9-3-2-4-10-14-15-11(16(9)10)8-5-6-13-7-8/h2-4,8,13H,5-7H2,1H3. The molecule has 1 aliphatic rings. The van der Waals surface area contributed by atoms with Crippen LogP contribution in [0, 0.1) is 0 Å². The van der Waals surface area contributed by atoms with Gasteiger partial charge in [-0.3, -0.25) is 4.40 Å². The zero-order valence-corrected chi connectivity index (χ0v) is 10.1. The van der Waals surface area contributed by atoms with Crippen molar-refractivity contribution in [1.82, 2.24) is 19.9 Å². The summed E-state index contributed by atoms with van der Waals surface area (Å²) in [5.41, 5.74) is 1.15. The van der Waals surface area contributed by atoms with Gasteiger partial charge in [-0.15, -0.1) is 10.2 Å². The Bertz CT molecular complexity index is 587. The lowest BCUT2D eigenvalue weighted by Gasteiger charge is -2.09. The lowest BCUT2D eigenvalue weighted by Crippen LogP contribution is -2.14. The highest BCUT2D eigenvalue weighted by Gasteiger charge is 2.24. The molecule has 0 aromatic carbocycles. The normalized spacial score (nSPS) is 19.3. The van der Waals surface area contributed by atoms with Crippen molar-refractivity contribution >= 4 is 11.6 Å². The summed E-state index contributed by atoms with van der Waals surface area (Å²) in [5, 5.41) is 11.6. The first-order valence-electron chi connectivity index (χ1n) is 5.94. The van der Waals surface area contributed by atoms with Crippen LogP contribution < -0.4 is 5.32 Å². The summed E-state index contributed by atoms with van der Waals surface area (Å²) in [6, 6.07) is 5.35. The molecule has 6 nitrogen and oxygen atoms in total. The molecule has 1 unspecified atom stereocenters. The summed E-state index contributed by atoms with van der Waals surface area (Å²) in [5.74, 6) is 0.759. The molecule has 1 N–H and O–H groups in total. The Morgan fingerprint density at radius 2 is 2.39 bits per heavy atom. The molecule has 0 spiro atoms. The highest BCUT2D eigenvalue weighted by molar-refractivity contribution is 5.88. The molecule has 1 atom stereocenters. The van der Waals surface area contributed by atoms with Gasteiger partial charge in [0, 0.05) is 12.5 Å². The van der Waals surface area contributed by atoms with Crippen molar-refractivity contribution in [3.63, 3.8) is 0 Å². The quantitative estimate of drug-likeness (QED) is 0.785. The second-order valence-corrected chi connectivity index (χ2v) is 4.34. The van der Waals surface area contributed by atoms with E-state index in [0.29, 0.717) is 17.3 Å². The number of ether oxygens (including phenoxy) is 1. The molecule has 0 radical (unpaired) electrons. The number of nitrogens with one attached hydrogen (secondary N) is 1. The third kappa shape index (κ3) is 1.65. The maximum absolute atomic E-state index is 11.8. The van der Waals surface area contributed by atoms with Crippen molar-refractivity contribution in [1.29, 1.82) is 0 Å². The molecule has 3 rings (SSSR count). The van der Waals surface area contributed by atoms with Crippen LogP contribution in [-0.2, 0) is 4.74 Å². The lowest BCUT2D eigenvalue weighted by atomic mass is 10.1. The van der Waals surface area contributed by atoms with Crippen molar-refractivity contribution in [2.45, 2.75) is 12.3 Å². The van der Waals surface area contributed by atoms with E-state index in [2.05, 4.69) is 15.5 Å². The number of methoxy groups -OCH3 is 1. The number of hydrogen-bond acceptors (Lipinski definition) is 5. The molecule has 1 saturated heterocycles. The molecule has 94 valence electrons. The van der Waals surface area contributed by atoms with E-state index in [0.717, 1.165) is 25.3 Å². The van der Waals surface area contributed by atoms with Gasteiger partial charge < -0.3 is 10.1 Å². The zero-order valence-electron chi connectivity index (χ0n) is 10.1. The molecule has 1 fully saturated rings. The van der Waals surface area contributed by atoms with Crippen LogP contribution in [0.2, 0.25) is 0 Å². The number of nitrogens with zero attached hydrogens (tertiary/aromatic N) is 3. The Morgan fingerprint density at radius 3 is 3.11 bits per heavy atom. The van der Waals surface area contributed by atoms with Crippen LogP contribution in [-0.4, -0.2) is 40.8 Å². The molecular formula is C12H14N4O2. The predicted octanol–water partition coefficient (Wildman–Crippen LogP) is 0.593. The molecule has 3 heterocycles. The molecule has 0 saturated carbocycles. The summed E-state index contributed by atoms with van der Waals surface area (Å²) in [6.45, 7) is 1.84. The second kappa shape index (κ2) is 4.38. The van der Waals surface area contributed by atoms with Crippen LogP contribution in [0.4, 0.5) is 0 Å². The average molecular weight is 246 g/mol. The number of carbonyl (C=O) groups is 1. The van der Waals surface area contributed by atoms with Gasteiger partial charge in [-0.2, -0.15) is 0 Å². The van der Waals surface area contributed by atoms with Gasteiger partial charge in [0.1, 0.15) is 11.5 Å². The minimum atomic E-state index is -0.368. The fourth-order valence-corrected chi connectivity index (χ4v) is 2.37. The maximum atomic E-state index is 11.8. The average Bonchev–Trinajstić information content (AvgIpc) is 3.05. The zero-order chi connectivity index (χ0) is 12.5. The van der Waals surface area contributed by atoms with E-state index >= 15 is 0 Å². The number of esters is 1. The van der Waals surface area contributed by atoms with Gasteiger partial charge in [0.15, 0.2) is 5.65 Å². The van der Waals surface area contributed by atoms with Crippen LogP contribution in [0.15, 0.2) is 18.2 Å². The van der Waals surface area contributed by atoms with E-state index in [-0.39, 0.29) is 5.97 Å². The third-order valence-electron chi connectivity index (χ3n) is 3.27. The SMILES string of the molecule is COC(=O)c1cccc2nnc(C3CCNC3)n12. The first-order chi connectivity index (χ1) is 8.81. The summed E-state index contributed by atoms with van der Waals surface area (Å²) in [7, 11) is 1.38. The van der Waals surface area contributed by atoms with Crippen LogP contribution in [0.1, 0.15) is 28.7 Å².